The van der Waals surface area contributed by atoms with Crippen molar-refractivity contribution in [3.63, 3.8) is 0 Å². The molecule has 0 aromatic heterocycles. The molecule has 0 aliphatic heterocycles. The van der Waals surface area contributed by atoms with Crippen molar-refractivity contribution in [3.05, 3.63) is 101 Å². The Morgan fingerprint density at radius 3 is 1.88 bits per heavy atom. The summed E-state index contributed by atoms with van der Waals surface area (Å²) in [5.41, 5.74) is 13.1. The lowest BCUT2D eigenvalue weighted by molar-refractivity contribution is -0.134. The monoisotopic (exact) mass is 666 g/mol. The standard InChI is InChI=1S/C31H35FN6O6.C2H4O2/c1-18(36-30(43)24(33)15-19-9-13-23(39)14-10-19)29(42)35-17-26(40)37-25(16-20-7-11-22(32)12-8-20)31(44)38-27(28(34)41)21-5-3-2-4-6-21;1-2(3)4/h2-14,18,24-25,27,39H,15-17,33H2,1H3,(H2,34,41)(H,35,42)(H,36,43)(H,37,40)(H,38,44);1H3,(H,3,4)/t18-,24+,25-,27+;/m1./s1. The number of carboxylic acids is 1. The molecule has 4 atom stereocenters. The molecule has 48 heavy (non-hydrogen) atoms. The van der Waals surface area contributed by atoms with Crippen LogP contribution in [0, 0.1) is 5.82 Å². The average Bonchev–Trinajstić information content (AvgIpc) is 3.04. The van der Waals surface area contributed by atoms with Crippen LogP contribution in [0.5, 0.6) is 5.75 Å². The normalized spacial score (nSPS) is 12.8. The number of hydrogen-bond donors (Lipinski definition) is 8. The van der Waals surface area contributed by atoms with E-state index in [1.165, 1.54) is 43.3 Å². The predicted molar refractivity (Wildman–Crippen MR) is 172 cm³/mol. The third kappa shape index (κ3) is 13.7. The Hall–Kier alpha value is -5.83. The topological polar surface area (TPSA) is 243 Å². The van der Waals surface area contributed by atoms with Crippen LogP contribution in [0.4, 0.5) is 4.39 Å². The lowest BCUT2D eigenvalue weighted by Gasteiger charge is -2.23. The molecule has 0 spiro atoms. The van der Waals surface area contributed by atoms with Crippen LogP contribution < -0.4 is 32.7 Å². The molecule has 0 unspecified atom stereocenters. The van der Waals surface area contributed by atoms with E-state index in [9.17, 15) is 33.5 Å². The van der Waals surface area contributed by atoms with E-state index in [1.54, 1.807) is 42.5 Å². The van der Waals surface area contributed by atoms with E-state index in [4.69, 9.17) is 21.4 Å². The molecule has 3 aromatic carbocycles. The smallest absolute Gasteiger partial charge is 0.300 e. The van der Waals surface area contributed by atoms with Gasteiger partial charge in [-0.25, -0.2) is 4.39 Å². The first-order chi connectivity index (χ1) is 22.7. The highest BCUT2D eigenvalue weighted by Gasteiger charge is 2.27. The van der Waals surface area contributed by atoms with Gasteiger partial charge in [0.2, 0.25) is 29.5 Å². The molecule has 0 fully saturated rings. The minimum Gasteiger partial charge on any atom is -0.508 e. The Balaban J connectivity index is 0.00000189. The fraction of sp³-hybridized carbons (Fsp3) is 0.273. The van der Waals surface area contributed by atoms with Crippen molar-refractivity contribution in [2.75, 3.05) is 6.54 Å². The highest BCUT2D eigenvalue weighted by molar-refractivity contribution is 5.94. The van der Waals surface area contributed by atoms with E-state index in [0.717, 1.165) is 6.92 Å². The third-order valence-corrected chi connectivity index (χ3v) is 6.61. The first-order valence-corrected chi connectivity index (χ1v) is 14.7. The number of halogens is 1. The Morgan fingerprint density at radius 2 is 1.31 bits per heavy atom. The van der Waals surface area contributed by atoms with E-state index in [-0.39, 0.29) is 18.6 Å². The van der Waals surface area contributed by atoms with E-state index >= 15 is 0 Å². The Labute approximate surface area is 276 Å². The Kier molecular flexibility index (Phi) is 15.2. The summed E-state index contributed by atoms with van der Waals surface area (Å²) >= 11 is 0. The van der Waals surface area contributed by atoms with Crippen molar-refractivity contribution >= 4 is 35.5 Å². The molecule has 3 aromatic rings. The zero-order valence-electron chi connectivity index (χ0n) is 26.3. The number of hydrogen-bond acceptors (Lipinski definition) is 8. The van der Waals surface area contributed by atoms with E-state index in [2.05, 4.69) is 21.3 Å². The molecular formula is C33H39FN6O8. The Morgan fingerprint density at radius 1 is 0.771 bits per heavy atom. The third-order valence-electron chi connectivity index (χ3n) is 6.61. The van der Waals surface area contributed by atoms with Crippen molar-refractivity contribution in [2.24, 2.45) is 11.5 Å². The number of amides is 5. The molecule has 0 saturated heterocycles. The zero-order chi connectivity index (χ0) is 35.8. The van der Waals surface area contributed by atoms with Gasteiger partial charge in [-0.2, -0.15) is 0 Å². The number of carbonyl (C=O) groups excluding carboxylic acids is 5. The summed E-state index contributed by atoms with van der Waals surface area (Å²) in [6, 6.07) is 15.4. The number of phenols is 1. The number of benzene rings is 3. The fourth-order valence-corrected chi connectivity index (χ4v) is 4.20. The Bertz CT molecular complexity index is 1550. The molecule has 10 N–H and O–H groups in total. The molecule has 0 heterocycles. The van der Waals surface area contributed by atoms with Crippen LogP contribution >= 0.6 is 0 Å². The van der Waals surface area contributed by atoms with Crippen LogP contribution in [-0.2, 0) is 41.6 Å². The number of aliphatic carboxylic acids is 1. The maximum atomic E-state index is 13.4. The van der Waals surface area contributed by atoms with Crippen molar-refractivity contribution in [2.45, 2.75) is 50.9 Å². The second-order valence-corrected chi connectivity index (χ2v) is 10.6. The van der Waals surface area contributed by atoms with Crippen LogP contribution in [0.25, 0.3) is 0 Å². The molecule has 15 heteroatoms. The van der Waals surface area contributed by atoms with Gasteiger partial charge in [0.05, 0.1) is 12.6 Å². The van der Waals surface area contributed by atoms with Gasteiger partial charge in [0.25, 0.3) is 5.97 Å². The highest BCUT2D eigenvalue weighted by atomic mass is 19.1. The van der Waals surface area contributed by atoms with E-state index in [0.29, 0.717) is 16.7 Å². The van der Waals surface area contributed by atoms with Gasteiger partial charge in [0.1, 0.15) is 29.7 Å². The van der Waals surface area contributed by atoms with Gasteiger partial charge < -0.3 is 42.9 Å². The molecule has 5 amide bonds. The summed E-state index contributed by atoms with van der Waals surface area (Å²) in [5, 5.41) is 26.7. The van der Waals surface area contributed by atoms with Crippen LogP contribution in [0.1, 0.15) is 36.6 Å². The number of rotatable bonds is 14. The molecule has 0 radical (unpaired) electrons. The summed E-state index contributed by atoms with van der Waals surface area (Å²) in [7, 11) is 0. The lowest BCUT2D eigenvalue weighted by Crippen LogP contribution is -2.54. The molecule has 3 rings (SSSR count). The summed E-state index contributed by atoms with van der Waals surface area (Å²) in [6.07, 6.45) is 0.110. The maximum absolute atomic E-state index is 13.4. The van der Waals surface area contributed by atoms with Crippen molar-refractivity contribution < 1.29 is 43.4 Å². The van der Waals surface area contributed by atoms with Gasteiger partial charge in [-0.15, -0.1) is 0 Å². The second kappa shape index (κ2) is 19.0. The summed E-state index contributed by atoms with van der Waals surface area (Å²) in [5.74, 6) is -4.80. The number of aromatic hydroxyl groups is 1. The molecule has 14 nitrogen and oxygen atoms in total. The van der Waals surface area contributed by atoms with Crippen LogP contribution in [0.2, 0.25) is 0 Å². The minimum absolute atomic E-state index is 0.0581. The second-order valence-electron chi connectivity index (χ2n) is 10.6. The first kappa shape index (κ1) is 38.4. The van der Waals surface area contributed by atoms with Gasteiger partial charge in [0, 0.05) is 13.3 Å². The lowest BCUT2D eigenvalue weighted by atomic mass is 10.0. The van der Waals surface area contributed by atoms with E-state index in [1.807, 2.05) is 0 Å². The molecule has 0 aliphatic carbocycles. The molecule has 0 aliphatic rings. The van der Waals surface area contributed by atoms with Gasteiger partial charge in [-0.05, 0) is 54.3 Å². The van der Waals surface area contributed by atoms with Crippen LogP contribution in [0.15, 0.2) is 78.9 Å². The van der Waals surface area contributed by atoms with Crippen molar-refractivity contribution in [3.8, 4) is 5.75 Å². The first-order valence-electron chi connectivity index (χ1n) is 14.7. The average molecular weight is 667 g/mol. The van der Waals surface area contributed by atoms with Crippen molar-refractivity contribution in [1.29, 1.82) is 0 Å². The van der Waals surface area contributed by atoms with Crippen LogP contribution in [0.3, 0.4) is 0 Å². The van der Waals surface area contributed by atoms with Gasteiger partial charge in [0.15, 0.2) is 0 Å². The van der Waals surface area contributed by atoms with Crippen molar-refractivity contribution in [1.82, 2.24) is 21.3 Å². The number of primary amides is 1. The molecule has 0 bridgehead atoms. The number of phenolic OH excluding ortho intramolecular Hbond substituents is 1. The van der Waals surface area contributed by atoms with E-state index < -0.39 is 72.0 Å². The van der Waals surface area contributed by atoms with Gasteiger partial charge in [-0.1, -0.05) is 54.6 Å². The molecule has 256 valence electrons. The predicted octanol–water partition coefficient (Wildman–Crippen LogP) is 0.183. The highest BCUT2D eigenvalue weighted by Crippen LogP contribution is 2.14. The minimum atomic E-state index is -1.22. The zero-order valence-corrected chi connectivity index (χ0v) is 26.3. The molecular weight excluding hydrogens is 627 g/mol. The van der Waals surface area contributed by atoms with Gasteiger partial charge in [-0.3, -0.25) is 28.8 Å². The summed E-state index contributed by atoms with van der Waals surface area (Å²) in [4.78, 5) is 72.2. The quantitative estimate of drug-likeness (QED) is 0.117. The summed E-state index contributed by atoms with van der Waals surface area (Å²) < 4.78 is 13.4. The number of carbonyl (C=O) groups is 6. The maximum Gasteiger partial charge on any atom is 0.300 e. The van der Waals surface area contributed by atoms with Gasteiger partial charge >= 0.3 is 0 Å². The molecule has 0 saturated carbocycles. The largest absolute Gasteiger partial charge is 0.508 e. The fourth-order valence-electron chi connectivity index (χ4n) is 4.20. The summed E-state index contributed by atoms with van der Waals surface area (Å²) in [6.45, 7) is 1.96. The number of nitrogens with one attached hydrogen (secondary N) is 4. The number of nitrogens with two attached hydrogens (primary N) is 2. The SMILES string of the molecule is CC(=O)O.C[C@@H](NC(=O)[C@@H](N)Cc1ccc(O)cc1)C(=O)NCC(=O)N[C@H](Cc1ccc(F)cc1)C(=O)N[C@H](C(N)=O)c1ccccc1. The van der Waals surface area contributed by atoms with Crippen LogP contribution in [-0.4, -0.2) is 70.4 Å². The number of carboxylic acid groups (broad SMARTS) is 1.